The Labute approximate surface area is 229 Å². The lowest BCUT2D eigenvalue weighted by Gasteiger charge is -2.11. The van der Waals surface area contributed by atoms with Crippen LogP contribution in [0.4, 0.5) is 0 Å². The van der Waals surface area contributed by atoms with Crippen molar-refractivity contribution in [1.82, 2.24) is 30.0 Å². The summed E-state index contributed by atoms with van der Waals surface area (Å²) in [5, 5.41) is 58.9. The van der Waals surface area contributed by atoms with E-state index >= 15 is 0 Å². The Bertz CT molecular complexity index is 2170. The molecule has 0 saturated carbocycles. The first-order valence-corrected chi connectivity index (χ1v) is 13.2. The van der Waals surface area contributed by atoms with Gasteiger partial charge in [0.1, 0.15) is 56.4 Å². The van der Waals surface area contributed by atoms with Crippen LogP contribution in [0.3, 0.4) is 0 Å². The molecule has 0 spiro atoms. The summed E-state index contributed by atoms with van der Waals surface area (Å²) in [6, 6.07) is 12.9. The topological polar surface area (TPSA) is 214 Å². The standard InChI is InChI=1S/C26H18N6O8S/c1-12-2-4-16-18(6-12)29-31(27-16)20-8-14(22(33)10-24(20)35)26(37)15-9-21(25(36)11-23(15)34)32-28-17-5-3-13(41(38,39)40)7-19(17)30-32/h2-11,33-36H,1H3,(H,38,39,40). The Morgan fingerprint density at radius 1 is 0.634 bits per heavy atom. The van der Waals surface area contributed by atoms with Crippen LogP contribution in [-0.4, -0.2) is 69.2 Å². The Morgan fingerprint density at radius 2 is 1.10 bits per heavy atom. The second-order valence-corrected chi connectivity index (χ2v) is 10.6. The van der Waals surface area contributed by atoms with Crippen LogP contribution >= 0.6 is 0 Å². The highest BCUT2D eigenvalue weighted by Gasteiger charge is 2.24. The largest absolute Gasteiger partial charge is 0.507 e. The summed E-state index contributed by atoms with van der Waals surface area (Å²) < 4.78 is 32.2. The SMILES string of the molecule is Cc1ccc2nn(-c3cc(C(=O)c4cc(-n5nc6ccc(S(=O)(=O)O)cc6n5)c(O)cc4O)c(O)cc3O)nc2c1. The minimum absolute atomic E-state index is 0.0203. The number of nitrogens with zero attached hydrogens (tertiary/aromatic N) is 6. The molecule has 0 aliphatic carbocycles. The van der Waals surface area contributed by atoms with Gasteiger partial charge < -0.3 is 20.4 Å². The molecule has 206 valence electrons. The minimum Gasteiger partial charge on any atom is -0.507 e. The lowest BCUT2D eigenvalue weighted by Crippen LogP contribution is -2.08. The van der Waals surface area contributed by atoms with Crippen molar-refractivity contribution in [3.8, 4) is 34.4 Å². The highest BCUT2D eigenvalue weighted by Crippen LogP contribution is 2.36. The van der Waals surface area contributed by atoms with Gasteiger partial charge >= 0.3 is 0 Å². The number of phenols is 4. The molecule has 0 aliphatic rings. The number of aromatic nitrogens is 6. The Balaban J connectivity index is 1.44. The van der Waals surface area contributed by atoms with Crippen LogP contribution in [0.2, 0.25) is 0 Å². The van der Waals surface area contributed by atoms with E-state index in [0.29, 0.717) is 11.0 Å². The number of rotatable bonds is 5. The van der Waals surface area contributed by atoms with Gasteiger partial charge in [0.15, 0.2) is 0 Å². The van der Waals surface area contributed by atoms with Gasteiger partial charge in [-0.2, -0.15) is 8.42 Å². The third kappa shape index (κ3) is 4.44. The molecular weight excluding hydrogens is 556 g/mol. The number of phenolic OH excluding ortho intramolecular Hbond substituents is 4. The smallest absolute Gasteiger partial charge is 0.294 e. The van der Waals surface area contributed by atoms with Gasteiger partial charge in [-0.1, -0.05) is 6.07 Å². The fourth-order valence-electron chi connectivity index (χ4n) is 4.26. The summed E-state index contributed by atoms with van der Waals surface area (Å²) >= 11 is 0. The van der Waals surface area contributed by atoms with E-state index in [0.717, 1.165) is 51.6 Å². The highest BCUT2D eigenvalue weighted by molar-refractivity contribution is 7.85. The second kappa shape index (κ2) is 9.00. The average molecular weight is 575 g/mol. The zero-order chi connectivity index (χ0) is 29.2. The van der Waals surface area contributed by atoms with Gasteiger partial charge in [0, 0.05) is 12.1 Å². The number of aryl methyl sites for hydroxylation is 1. The molecule has 15 heteroatoms. The summed E-state index contributed by atoms with van der Waals surface area (Å²) in [7, 11) is -4.51. The molecule has 2 aromatic heterocycles. The van der Waals surface area contributed by atoms with Crippen molar-refractivity contribution in [2.45, 2.75) is 11.8 Å². The van der Waals surface area contributed by atoms with Crippen molar-refractivity contribution in [3.05, 3.63) is 77.4 Å². The molecule has 14 nitrogen and oxygen atoms in total. The number of benzene rings is 4. The maximum absolute atomic E-state index is 13.5. The van der Waals surface area contributed by atoms with Gasteiger partial charge in [0.2, 0.25) is 5.78 Å². The van der Waals surface area contributed by atoms with Crippen molar-refractivity contribution >= 4 is 38.0 Å². The number of fused-ring (bicyclic) bond motifs is 2. The van der Waals surface area contributed by atoms with Crippen LogP contribution in [0.1, 0.15) is 21.5 Å². The van der Waals surface area contributed by atoms with Gasteiger partial charge in [-0.05, 0) is 55.0 Å². The van der Waals surface area contributed by atoms with Crippen molar-refractivity contribution < 1.29 is 38.2 Å². The summed E-state index contributed by atoms with van der Waals surface area (Å²) in [5.74, 6) is -3.05. The van der Waals surface area contributed by atoms with Gasteiger partial charge in [0.05, 0.1) is 16.0 Å². The maximum Gasteiger partial charge on any atom is 0.294 e. The Morgan fingerprint density at radius 3 is 1.61 bits per heavy atom. The van der Waals surface area contributed by atoms with Gasteiger partial charge in [-0.15, -0.1) is 30.0 Å². The van der Waals surface area contributed by atoms with Crippen LogP contribution in [0.5, 0.6) is 23.0 Å². The van der Waals surface area contributed by atoms with Crippen LogP contribution in [-0.2, 0) is 10.1 Å². The third-order valence-corrected chi connectivity index (χ3v) is 7.14. The van der Waals surface area contributed by atoms with E-state index in [2.05, 4.69) is 20.4 Å². The normalized spacial score (nSPS) is 11.9. The molecule has 5 N–H and O–H groups in total. The molecule has 0 unspecified atom stereocenters. The lowest BCUT2D eigenvalue weighted by molar-refractivity contribution is 0.103. The van der Waals surface area contributed by atoms with Crippen molar-refractivity contribution in [2.75, 3.05) is 0 Å². The minimum atomic E-state index is -4.51. The molecule has 2 heterocycles. The quantitative estimate of drug-likeness (QED) is 0.148. The molecule has 0 aliphatic heterocycles. The van der Waals surface area contributed by atoms with Crippen molar-refractivity contribution in [3.63, 3.8) is 0 Å². The second-order valence-electron chi connectivity index (χ2n) is 9.14. The number of hydrogen-bond acceptors (Lipinski definition) is 11. The van der Waals surface area contributed by atoms with Crippen molar-refractivity contribution in [2.24, 2.45) is 0 Å². The van der Waals surface area contributed by atoms with Crippen LogP contribution in [0, 0.1) is 6.92 Å². The fourth-order valence-corrected chi connectivity index (χ4v) is 4.76. The van der Waals surface area contributed by atoms with Crippen LogP contribution in [0.15, 0.2) is 65.6 Å². The number of aromatic hydroxyl groups is 4. The highest BCUT2D eigenvalue weighted by atomic mass is 32.2. The summed E-state index contributed by atoms with van der Waals surface area (Å²) in [6.45, 7) is 1.88. The molecule has 0 bridgehead atoms. The molecule has 4 aromatic carbocycles. The van der Waals surface area contributed by atoms with Crippen LogP contribution in [0.25, 0.3) is 33.4 Å². The maximum atomic E-state index is 13.5. The number of carbonyl (C=O) groups excluding carboxylic acids is 1. The molecule has 0 amide bonds. The molecule has 0 fully saturated rings. The van der Waals surface area contributed by atoms with E-state index in [1.165, 1.54) is 6.07 Å². The molecule has 6 aromatic rings. The fraction of sp³-hybridized carbons (Fsp3) is 0.0385. The van der Waals surface area contributed by atoms with E-state index in [4.69, 9.17) is 0 Å². The first-order valence-electron chi connectivity index (χ1n) is 11.7. The molecule has 41 heavy (non-hydrogen) atoms. The first-order chi connectivity index (χ1) is 19.4. The number of ketones is 1. The predicted octanol–water partition coefficient (Wildman–Crippen LogP) is 2.76. The van der Waals surface area contributed by atoms with E-state index in [9.17, 15) is 38.2 Å². The molecule has 0 radical (unpaired) electrons. The van der Waals surface area contributed by atoms with Crippen molar-refractivity contribution in [1.29, 1.82) is 0 Å². The van der Waals surface area contributed by atoms with Gasteiger partial charge in [-0.3, -0.25) is 9.35 Å². The summed E-state index contributed by atoms with van der Waals surface area (Å²) in [4.78, 5) is 15.1. The summed E-state index contributed by atoms with van der Waals surface area (Å²) in [6.07, 6.45) is 0. The lowest BCUT2D eigenvalue weighted by atomic mass is 9.99. The van der Waals surface area contributed by atoms with E-state index < -0.39 is 43.8 Å². The summed E-state index contributed by atoms with van der Waals surface area (Å²) in [5.41, 5.74) is 1.39. The number of hydrogen-bond donors (Lipinski definition) is 5. The molecular formula is C26H18N6O8S. The van der Waals surface area contributed by atoms with E-state index in [-0.39, 0.29) is 33.5 Å². The molecule has 0 saturated heterocycles. The third-order valence-electron chi connectivity index (χ3n) is 6.29. The van der Waals surface area contributed by atoms with Gasteiger partial charge in [0.25, 0.3) is 10.1 Å². The predicted molar refractivity (Wildman–Crippen MR) is 142 cm³/mol. The monoisotopic (exact) mass is 574 g/mol. The number of carbonyl (C=O) groups is 1. The average Bonchev–Trinajstić information content (AvgIpc) is 3.51. The van der Waals surface area contributed by atoms with E-state index in [1.54, 1.807) is 12.1 Å². The zero-order valence-electron chi connectivity index (χ0n) is 20.8. The van der Waals surface area contributed by atoms with Crippen LogP contribution < -0.4 is 0 Å². The Kier molecular flexibility index (Phi) is 5.65. The molecule has 0 atom stereocenters. The van der Waals surface area contributed by atoms with Gasteiger partial charge in [-0.25, -0.2) is 0 Å². The van der Waals surface area contributed by atoms with E-state index in [1.807, 2.05) is 13.0 Å². The first kappa shape index (κ1) is 25.7. The Hall–Kier alpha value is -5.54. The molecule has 6 rings (SSSR count). The zero-order valence-corrected chi connectivity index (χ0v) is 21.6.